The van der Waals surface area contributed by atoms with Crippen LogP contribution >= 0.6 is 0 Å². The van der Waals surface area contributed by atoms with E-state index in [1.54, 1.807) is 17.9 Å². The third-order valence-corrected chi connectivity index (χ3v) is 6.23. The highest BCUT2D eigenvalue weighted by Crippen LogP contribution is 2.31. The van der Waals surface area contributed by atoms with Gasteiger partial charge in [0.1, 0.15) is 0 Å². The fraction of sp³-hybridized carbons (Fsp3) is 0.478. The van der Waals surface area contributed by atoms with E-state index in [4.69, 9.17) is 0 Å². The Morgan fingerprint density at radius 2 is 2.00 bits per heavy atom. The van der Waals surface area contributed by atoms with Gasteiger partial charge in [-0.15, -0.1) is 10.2 Å². The average Bonchev–Trinajstić information content (AvgIpc) is 3.39. The molecule has 0 N–H and O–H groups in total. The Morgan fingerprint density at radius 3 is 2.61 bits per heavy atom. The Kier molecular flexibility index (Phi) is 6.53. The van der Waals surface area contributed by atoms with Gasteiger partial charge in [0.05, 0.1) is 12.1 Å². The number of likely N-dealkylation sites (tertiary alicyclic amines) is 2. The summed E-state index contributed by atoms with van der Waals surface area (Å²) < 4.78 is 39.7. The van der Waals surface area contributed by atoms with E-state index >= 15 is 0 Å². The number of aromatic nitrogens is 4. The monoisotopic (exact) mass is 460 g/mol. The summed E-state index contributed by atoms with van der Waals surface area (Å²) in [6.45, 7) is 8.15. The van der Waals surface area contributed by atoms with Gasteiger partial charge in [0.15, 0.2) is 5.82 Å². The van der Waals surface area contributed by atoms with Crippen LogP contribution in [-0.2, 0) is 17.5 Å². The molecule has 4 rings (SSSR count). The number of allylic oxidation sites excluding steroid dienone is 1. The summed E-state index contributed by atoms with van der Waals surface area (Å²) in [4.78, 5) is 18.1. The molecule has 0 saturated carbocycles. The van der Waals surface area contributed by atoms with E-state index in [0.29, 0.717) is 36.1 Å². The van der Waals surface area contributed by atoms with Gasteiger partial charge in [-0.25, -0.2) is 0 Å². The number of benzene rings is 1. The molecule has 1 aromatic heterocycles. The lowest BCUT2D eigenvalue weighted by molar-refractivity contribution is -0.137. The van der Waals surface area contributed by atoms with Gasteiger partial charge in [-0.2, -0.15) is 18.0 Å². The van der Waals surface area contributed by atoms with Crippen LogP contribution in [-0.4, -0.2) is 61.6 Å². The molecule has 1 aromatic carbocycles. The van der Waals surface area contributed by atoms with Crippen molar-refractivity contribution in [1.82, 2.24) is 30.0 Å². The molecule has 2 aliphatic rings. The summed E-state index contributed by atoms with van der Waals surface area (Å²) in [5.41, 5.74) is 1.29. The number of tetrazole rings is 1. The van der Waals surface area contributed by atoms with E-state index in [0.717, 1.165) is 44.4 Å². The van der Waals surface area contributed by atoms with Gasteiger partial charge in [-0.05, 0) is 67.2 Å². The van der Waals surface area contributed by atoms with Gasteiger partial charge in [-0.3, -0.25) is 4.79 Å². The normalized spacial score (nSPS) is 18.0. The Labute approximate surface area is 190 Å². The molecule has 0 spiro atoms. The number of amides is 1. The number of alkyl halides is 3. The maximum Gasteiger partial charge on any atom is 0.416 e. The minimum Gasteiger partial charge on any atom is -0.372 e. The van der Waals surface area contributed by atoms with E-state index in [-0.39, 0.29) is 12.5 Å². The van der Waals surface area contributed by atoms with Gasteiger partial charge < -0.3 is 9.80 Å². The number of carbonyl (C=O) groups excluding carboxylic acids is 1. The van der Waals surface area contributed by atoms with Crippen LogP contribution in [0.25, 0.3) is 6.08 Å². The smallest absolute Gasteiger partial charge is 0.372 e. The predicted octanol–water partition coefficient (Wildman–Crippen LogP) is 3.66. The molecule has 10 heteroatoms. The number of rotatable bonds is 5. The third kappa shape index (κ3) is 5.43. The second-order valence-electron chi connectivity index (χ2n) is 8.53. The first-order valence-electron chi connectivity index (χ1n) is 11.1. The van der Waals surface area contributed by atoms with Crippen molar-refractivity contribution in [2.75, 3.05) is 19.6 Å². The summed E-state index contributed by atoms with van der Waals surface area (Å²) >= 11 is 0. The van der Waals surface area contributed by atoms with Crippen LogP contribution in [0.1, 0.15) is 48.2 Å². The van der Waals surface area contributed by atoms with Crippen molar-refractivity contribution >= 4 is 12.0 Å². The van der Waals surface area contributed by atoms with Crippen LogP contribution in [0.3, 0.4) is 0 Å². The van der Waals surface area contributed by atoms with Gasteiger partial charge in [0, 0.05) is 37.4 Å². The van der Waals surface area contributed by atoms with E-state index in [2.05, 4.69) is 26.9 Å². The number of nitrogens with zero attached hydrogens (tertiary/aromatic N) is 6. The van der Waals surface area contributed by atoms with Gasteiger partial charge in [-0.1, -0.05) is 12.6 Å². The second kappa shape index (κ2) is 9.36. The molecule has 0 aliphatic carbocycles. The molecular weight excluding hydrogens is 433 g/mol. The fourth-order valence-corrected chi connectivity index (χ4v) is 4.48. The Bertz CT molecular complexity index is 1050. The van der Waals surface area contributed by atoms with E-state index < -0.39 is 11.7 Å². The lowest BCUT2D eigenvalue weighted by atomic mass is 10.0. The quantitative estimate of drug-likeness (QED) is 0.637. The molecule has 2 fully saturated rings. The predicted molar refractivity (Wildman–Crippen MR) is 117 cm³/mol. The van der Waals surface area contributed by atoms with E-state index in [1.807, 2.05) is 0 Å². The zero-order valence-corrected chi connectivity index (χ0v) is 18.6. The van der Waals surface area contributed by atoms with Gasteiger partial charge in [0.2, 0.25) is 5.91 Å². The molecule has 2 aromatic rings. The van der Waals surface area contributed by atoms with Crippen molar-refractivity contribution in [3.05, 3.63) is 59.1 Å². The van der Waals surface area contributed by atoms with Crippen LogP contribution in [0.15, 0.2) is 36.6 Å². The molecule has 0 radical (unpaired) electrons. The van der Waals surface area contributed by atoms with Crippen molar-refractivity contribution in [2.24, 2.45) is 0 Å². The first kappa shape index (κ1) is 23.0. The Morgan fingerprint density at radius 1 is 1.24 bits per heavy atom. The zero-order chi connectivity index (χ0) is 23.6. The van der Waals surface area contributed by atoms with Crippen LogP contribution in [0.2, 0.25) is 0 Å². The summed E-state index contributed by atoms with van der Waals surface area (Å²) in [5.74, 6) is 0.282. The Balaban J connectivity index is 1.45. The van der Waals surface area contributed by atoms with Crippen molar-refractivity contribution < 1.29 is 18.0 Å². The third-order valence-electron chi connectivity index (χ3n) is 6.23. The molecular formula is C23H27F3N6O. The second-order valence-corrected chi connectivity index (χ2v) is 8.53. The summed E-state index contributed by atoms with van der Waals surface area (Å²) in [5, 5.41) is 11.7. The zero-order valence-electron chi connectivity index (χ0n) is 18.6. The number of hydrogen-bond acceptors (Lipinski definition) is 5. The van der Waals surface area contributed by atoms with Crippen molar-refractivity contribution in [1.29, 1.82) is 0 Å². The molecule has 3 heterocycles. The summed E-state index contributed by atoms with van der Waals surface area (Å²) in [6, 6.07) is 3.88. The highest BCUT2D eigenvalue weighted by atomic mass is 19.4. The number of aryl methyl sites for hydroxylation is 1. The Hall–Kier alpha value is -3.17. The van der Waals surface area contributed by atoms with E-state index in [1.165, 1.54) is 22.6 Å². The molecule has 176 valence electrons. The molecule has 1 amide bonds. The molecule has 7 nitrogen and oxygen atoms in total. The van der Waals surface area contributed by atoms with Crippen LogP contribution in [0, 0.1) is 6.92 Å². The molecule has 2 saturated heterocycles. The number of carbonyl (C=O) groups is 1. The van der Waals surface area contributed by atoms with Crippen molar-refractivity contribution in [3.63, 3.8) is 0 Å². The fourth-order valence-electron chi connectivity index (χ4n) is 4.48. The molecule has 0 bridgehead atoms. The number of piperidine rings is 1. The van der Waals surface area contributed by atoms with Crippen molar-refractivity contribution in [2.45, 2.75) is 51.4 Å². The van der Waals surface area contributed by atoms with Crippen LogP contribution in [0.4, 0.5) is 13.2 Å². The van der Waals surface area contributed by atoms with E-state index in [9.17, 15) is 18.0 Å². The highest BCUT2D eigenvalue weighted by Gasteiger charge is 2.31. The van der Waals surface area contributed by atoms with Crippen LogP contribution < -0.4 is 0 Å². The number of hydrogen-bond donors (Lipinski definition) is 0. The van der Waals surface area contributed by atoms with Gasteiger partial charge >= 0.3 is 6.18 Å². The first-order chi connectivity index (χ1) is 15.7. The average molecular weight is 461 g/mol. The lowest BCUT2D eigenvalue weighted by Gasteiger charge is -2.37. The highest BCUT2D eigenvalue weighted by molar-refractivity contribution is 5.92. The van der Waals surface area contributed by atoms with Crippen molar-refractivity contribution in [3.8, 4) is 0 Å². The molecule has 0 unspecified atom stereocenters. The number of halogens is 3. The van der Waals surface area contributed by atoms with Crippen LogP contribution in [0.5, 0.6) is 0 Å². The maximum atomic E-state index is 13.2. The minimum atomic E-state index is -4.47. The molecule has 0 atom stereocenters. The summed E-state index contributed by atoms with van der Waals surface area (Å²) in [6.07, 6.45) is 2.49. The van der Waals surface area contributed by atoms with Gasteiger partial charge in [0.25, 0.3) is 0 Å². The topological polar surface area (TPSA) is 67.2 Å². The first-order valence-corrected chi connectivity index (χ1v) is 11.1. The minimum absolute atomic E-state index is 0.0176. The summed E-state index contributed by atoms with van der Waals surface area (Å²) in [7, 11) is 0. The maximum absolute atomic E-state index is 13.2. The lowest BCUT2D eigenvalue weighted by Crippen LogP contribution is -2.44. The SMILES string of the molecule is C=C1CCCN1C1CCN(C(=O)/C=C/c2ccc(C(F)(F)F)cc2Cn2nnc(C)n2)CC1. The molecule has 2 aliphatic heterocycles. The largest absolute Gasteiger partial charge is 0.416 e. The standard InChI is InChI=1S/C23H27F3N6O/c1-16-4-3-11-31(16)21-9-12-30(13-10-21)22(33)8-6-18-5-7-20(23(24,25)26)14-19(18)15-32-28-17(2)27-29-32/h5-8,14,21H,1,3-4,9-13,15H2,2H3/b8-6+. The molecule has 33 heavy (non-hydrogen) atoms.